The Balaban J connectivity index is 1.98. The molecule has 0 bridgehead atoms. The molecule has 0 radical (unpaired) electrons. The molecule has 2 heteroatoms. The van der Waals surface area contributed by atoms with E-state index in [1.807, 2.05) is 0 Å². The second kappa shape index (κ2) is 4.89. The highest BCUT2D eigenvalue weighted by Crippen LogP contribution is 2.45. The first kappa shape index (κ1) is 12.8. The largest absolute Gasteiger partial charge is 0.312 e. The van der Waals surface area contributed by atoms with E-state index in [1.54, 1.807) is 0 Å². The molecule has 0 spiro atoms. The van der Waals surface area contributed by atoms with E-state index < -0.39 is 0 Å². The molecule has 2 rings (SSSR count). The van der Waals surface area contributed by atoms with E-state index in [9.17, 15) is 0 Å². The first-order valence-electron chi connectivity index (χ1n) is 6.91. The molecule has 4 unspecified atom stereocenters. The number of nitrogens with one attached hydrogen (secondary N) is 1. The molecule has 94 valence electrons. The molecule has 1 N–H and O–H groups in total. The third-order valence-electron chi connectivity index (χ3n) is 4.88. The summed E-state index contributed by atoms with van der Waals surface area (Å²) in [5.74, 6) is 0.943. The fraction of sp³-hybridized carbons (Fsp3) is 1.00. The SMILES string of the molecule is CCC(C)(C)C1CCC2NCC(C)SC2C1. The number of rotatable bonds is 2. The van der Waals surface area contributed by atoms with Crippen molar-refractivity contribution in [1.29, 1.82) is 0 Å². The maximum Gasteiger partial charge on any atom is 0.0207 e. The number of hydrogen-bond donors (Lipinski definition) is 1. The Morgan fingerprint density at radius 2 is 2.06 bits per heavy atom. The highest BCUT2D eigenvalue weighted by molar-refractivity contribution is 8.00. The number of thioether (sulfide) groups is 1. The first-order valence-corrected chi connectivity index (χ1v) is 7.86. The van der Waals surface area contributed by atoms with Gasteiger partial charge < -0.3 is 5.32 Å². The van der Waals surface area contributed by atoms with Crippen LogP contribution in [0.4, 0.5) is 0 Å². The van der Waals surface area contributed by atoms with Crippen LogP contribution in [-0.2, 0) is 0 Å². The van der Waals surface area contributed by atoms with Crippen LogP contribution in [0.5, 0.6) is 0 Å². The zero-order valence-corrected chi connectivity index (χ0v) is 12.1. The Morgan fingerprint density at radius 1 is 1.31 bits per heavy atom. The standard InChI is InChI=1S/C14H27NS/c1-5-14(3,4)11-6-7-12-13(8-11)16-10(2)9-15-12/h10-13,15H,5-9H2,1-4H3. The molecule has 0 aromatic heterocycles. The van der Waals surface area contributed by atoms with Gasteiger partial charge in [-0.1, -0.05) is 34.1 Å². The van der Waals surface area contributed by atoms with Crippen LogP contribution < -0.4 is 5.32 Å². The van der Waals surface area contributed by atoms with Gasteiger partial charge in [0.15, 0.2) is 0 Å². The van der Waals surface area contributed by atoms with Crippen molar-refractivity contribution in [3.8, 4) is 0 Å². The lowest BCUT2D eigenvalue weighted by molar-refractivity contribution is 0.139. The molecule has 16 heavy (non-hydrogen) atoms. The van der Waals surface area contributed by atoms with Crippen molar-refractivity contribution < 1.29 is 0 Å². The van der Waals surface area contributed by atoms with Crippen LogP contribution in [0.2, 0.25) is 0 Å². The van der Waals surface area contributed by atoms with Gasteiger partial charge in [0.1, 0.15) is 0 Å². The summed E-state index contributed by atoms with van der Waals surface area (Å²) >= 11 is 2.24. The minimum absolute atomic E-state index is 0.548. The van der Waals surface area contributed by atoms with Gasteiger partial charge in [-0.3, -0.25) is 0 Å². The van der Waals surface area contributed by atoms with E-state index in [-0.39, 0.29) is 0 Å². The Bertz CT molecular complexity index is 239. The topological polar surface area (TPSA) is 12.0 Å². The molecular weight excluding hydrogens is 214 g/mol. The molecular formula is C14H27NS. The summed E-state index contributed by atoms with van der Waals surface area (Å²) in [5, 5.41) is 5.43. The first-order chi connectivity index (χ1) is 7.53. The fourth-order valence-electron chi connectivity index (χ4n) is 3.18. The van der Waals surface area contributed by atoms with Crippen LogP contribution in [0.3, 0.4) is 0 Å². The lowest BCUT2D eigenvalue weighted by Gasteiger charge is -2.46. The van der Waals surface area contributed by atoms with Gasteiger partial charge in [-0.25, -0.2) is 0 Å². The van der Waals surface area contributed by atoms with E-state index in [2.05, 4.69) is 44.8 Å². The Morgan fingerprint density at radius 3 is 2.75 bits per heavy atom. The third kappa shape index (κ3) is 2.59. The third-order valence-corrected chi connectivity index (χ3v) is 6.38. The van der Waals surface area contributed by atoms with E-state index in [0.29, 0.717) is 5.41 Å². The van der Waals surface area contributed by atoms with Crippen molar-refractivity contribution >= 4 is 11.8 Å². The molecule has 1 aliphatic carbocycles. The molecule has 1 aliphatic heterocycles. The molecule has 1 heterocycles. The summed E-state index contributed by atoms with van der Waals surface area (Å²) in [6.45, 7) is 10.8. The van der Waals surface area contributed by atoms with Gasteiger partial charge in [0.25, 0.3) is 0 Å². The van der Waals surface area contributed by atoms with Crippen LogP contribution in [0, 0.1) is 11.3 Å². The smallest absolute Gasteiger partial charge is 0.0207 e. The predicted molar refractivity (Wildman–Crippen MR) is 74.0 cm³/mol. The van der Waals surface area contributed by atoms with Crippen LogP contribution >= 0.6 is 11.8 Å². The van der Waals surface area contributed by atoms with Crippen molar-refractivity contribution in [2.24, 2.45) is 11.3 Å². The fourth-order valence-corrected chi connectivity index (χ4v) is 4.73. The summed E-state index contributed by atoms with van der Waals surface area (Å²) in [7, 11) is 0. The highest BCUT2D eigenvalue weighted by Gasteiger charge is 2.39. The van der Waals surface area contributed by atoms with Gasteiger partial charge in [-0.15, -0.1) is 0 Å². The molecule has 1 nitrogen and oxygen atoms in total. The average molecular weight is 241 g/mol. The lowest BCUT2D eigenvalue weighted by atomic mass is 9.68. The van der Waals surface area contributed by atoms with Crippen LogP contribution in [0.25, 0.3) is 0 Å². The maximum atomic E-state index is 3.74. The van der Waals surface area contributed by atoms with Crippen LogP contribution in [0.15, 0.2) is 0 Å². The van der Waals surface area contributed by atoms with Crippen molar-refractivity contribution in [2.45, 2.75) is 69.9 Å². The number of fused-ring (bicyclic) bond motifs is 1. The minimum atomic E-state index is 0.548. The molecule has 1 saturated heterocycles. The predicted octanol–water partition coefficient (Wildman–Crippen LogP) is 3.68. The zero-order chi connectivity index (χ0) is 11.8. The summed E-state index contributed by atoms with van der Waals surface area (Å²) in [6, 6.07) is 0.810. The lowest BCUT2D eigenvalue weighted by Crippen LogP contribution is -2.51. The Hall–Kier alpha value is 0.310. The second-order valence-electron chi connectivity index (χ2n) is 6.35. The Labute approximate surface area is 105 Å². The second-order valence-corrected chi connectivity index (χ2v) is 8.03. The maximum absolute atomic E-state index is 3.74. The number of hydrogen-bond acceptors (Lipinski definition) is 2. The van der Waals surface area contributed by atoms with Gasteiger partial charge >= 0.3 is 0 Å². The molecule has 1 saturated carbocycles. The average Bonchev–Trinajstić information content (AvgIpc) is 2.28. The molecule has 2 aliphatic rings. The van der Waals surface area contributed by atoms with Crippen LogP contribution in [0.1, 0.15) is 53.4 Å². The Kier molecular flexibility index (Phi) is 3.90. The van der Waals surface area contributed by atoms with E-state index in [4.69, 9.17) is 0 Å². The summed E-state index contributed by atoms with van der Waals surface area (Å²) < 4.78 is 0. The molecule has 0 amide bonds. The van der Waals surface area contributed by atoms with Gasteiger partial charge in [-0.2, -0.15) is 11.8 Å². The quantitative estimate of drug-likeness (QED) is 0.791. The van der Waals surface area contributed by atoms with Crippen molar-refractivity contribution in [3.05, 3.63) is 0 Å². The minimum Gasteiger partial charge on any atom is -0.312 e. The van der Waals surface area contributed by atoms with Crippen LogP contribution in [-0.4, -0.2) is 23.1 Å². The molecule has 0 aromatic rings. The zero-order valence-electron chi connectivity index (χ0n) is 11.3. The van der Waals surface area contributed by atoms with Crippen molar-refractivity contribution in [1.82, 2.24) is 5.32 Å². The van der Waals surface area contributed by atoms with Gasteiger partial charge in [0.05, 0.1) is 0 Å². The monoisotopic (exact) mass is 241 g/mol. The summed E-state index contributed by atoms with van der Waals surface area (Å²) in [6.07, 6.45) is 5.60. The molecule has 2 fully saturated rings. The van der Waals surface area contributed by atoms with Crippen molar-refractivity contribution in [2.75, 3.05) is 6.54 Å². The van der Waals surface area contributed by atoms with Crippen molar-refractivity contribution in [3.63, 3.8) is 0 Å². The van der Waals surface area contributed by atoms with Gasteiger partial charge in [-0.05, 0) is 30.6 Å². The highest BCUT2D eigenvalue weighted by atomic mass is 32.2. The molecule has 0 aromatic carbocycles. The van der Waals surface area contributed by atoms with E-state index in [0.717, 1.165) is 22.5 Å². The normalized spacial score (nSPS) is 40.5. The molecule has 4 atom stereocenters. The summed E-state index contributed by atoms with van der Waals surface area (Å²) in [5.41, 5.74) is 0.548. The summed E-state index contributed by atoms with van der Waals surface area (Å²) in [4.78, 5) is 0. The van der Waals surface area contributed by atoms with E-state index in [1.165, 1.54) is 32.2 Å². The van der Waals surface area contributed by atoms with E-state index >= 15 is 0 Å². The van der Waals surface area contributed by atoms with Gasteiger partial charge in [0, 0.05) is 23.1 Å². The van der Waals surface area contributed by atoms with Gasteiger partial charge in [0.2, 0.25) is 0 Å².